The number of benzene rings is 2. The highest BCUT2D eigenvalue weighted by Gasteiger charge is 2.12. The number of carbonyl (C=O) groups is 2. The molecule has 0 saturated carbocycles. The third kappa shape index (κ3) is 5.36. The van der Waals surface area contributed by atoms with Gasteiger partial charge >= 0.3 is 0 Å². The molecule has 3 rings (SSSR count). The highest BCUT2D eigenvalue weighted by Crippen LogP contribution is 2.16. The van der Waals surface area contributed by atoms with Gasteiger partial charge in [0.15, 0.2) is 0 Å². The zero-order valence-corrected chi connectivity index (χ0v) is 15.6. The number of nitrogens with one attached hydrogen (secondary N) is 2. The number of aryl methyl sites for hydroxylation is 1. The van der Waals surface area contributed by atoms with Crippen LogP contribution in [0.5, 0.6) is 0 Å². The van der Waals surface area contributed by atoms with Crippen molar-refractivity contribution in [3.05, 3.63) is 87.9 Å². The monoisotopic (exact) mass is 377 g/mol. The fraction of sp³-hybridized carbons (Fsp3) is 0.0952. The van der Waals surface area contributed by atoms with Gasteiger partial charge in [-0.25, -0.2) is 4.98 Å². The molecule has 6 heteroatoms. The third-order valence-corrected chi connectivity index (χ3v) is 4.56. The van der Waals surface area contributed by atoms with Crippen LogP contribution in [0.1, 0.15) is 26.6 Å². The number of thiazole rings is 1. The Labute approximate surface area is 161 Å². The average molecular weight is 377 g/mol. The average Bonchev–Trinajstić information content (AvgIpc) is 3.11. The summed E-state index contributed by atoms with van der Waals surface area (Å²) >= 11 is 1.52. The van der Waals surface area contributed by atoms with Crippen molar-refractivity contribution in [3.63, 3.8) is 0 Å². The summed E-state index contributed by atoms with van der Waals surface area (Å²) < 4.78 is 0. The SMILES string of the molecule is Cc1nc(/C=C/C(=O)Nc2ccccc2C(=O)NCc2ccccc2)cs1. The van der Waals surface area contributed by atoms with E-state index in [-0.39, 0.29) is 11.8 Å². The molecule has 2 amide bonds. The lowest BCUT2D eigenvalue weighted by Gasteiger charge is -2.10. The van der Waals surface area contributed by atoms with Gasteiger partial charge < -0.3 is 10.6 Å². The third-order valence-electron chi connectivity index (χ3n) is 3.77. The zero-order valence-electron chi connectivity index (χ0n) is 14.8. The van der Waals surface area contributed by atoms with Gasteiger partial charge in [0, 0.05) is 18.0 Å². The Bertz CT molecular complexity index is 964. The lowest BCUT2D eigenvalue weighted by Crippen LogP contribution is -2.24. The summed E-state index contributed by atoms with van der Waals surface area (Å²) in [7, 11) is 0. The number of nitrogens with zero attached hydrogens (tertiary/aromatic N) is 1. The normalized spacial score (nSPS) is 10.7. The molecule has 1 aromatic heterocycles. The number of aromatic nitrogens is 1. The lowest BCUT2D eigenvalue weighted by atomic mass is 10.1. The Morgan fingerprint density at radius 3 is 2.56 bits per heavy atom. The Morgan fingerprint density at radius 2 is 1.81 bits per heavy atom. The van der Waals surface area contributed by atoms with Gasteiger partial charge in [-0.05, 0) is 30.7 Å². The number of para-hydroxylation sites is 1. The van der Waals surface area contributed by atoms with Crippen molar-refractivity contribution < 1.29 is 9.59 Å². The summed E-state index contributed by atoms with van der Waals surface area (Å²) in [5, 5.41) is 8.45. The largest absolute Gasteiger partial charge is 0.348 e. The van der Waals surface area contributed by atoms with E-state index in [2.05, 4.69) is 15.6 Å². The van der Waals surface area contributed by atoms with Crippen molar-refractivity contribution in [2.24, 2.45) is 0 Å². The summed E-state index contributed by atoms with van der Waals surface area (Å²) in [4.78, 5) is 29.0. The molecule has 5 nitrogen and oxygen atoms in total. The van der Waals surface area contributed by atoms with Crippen molar-refractivity contribution in [2.75, 3.05) is 5.32 Å². The van der Waals surface area contributed by atoms with Crippen LogP contribution >= 0.6 is 11.3 Å². The van der Waals surface area contributed by atoms with E-state index in [4.69, 9.17) is 0 Å². The van der Waals surface area contributed by atoms with Crippen molar-refractivity contribution in [3.8, 4) is 0 Å². The standard InChI is InChI=1S/C21H19N3O2S/c1-15-23-17(14-27-15)11-12-20(25)24-19-10-6-5-9-18(19)21(26)22-13-16-7-3-2-4-8-16/h2-12,14H,13H2,1H3,(H,22,26)(H,24,25)/b12-11+. The quantitative estimate of drug-likeness (QED) is 0.637. The smallest absolute Gasteiger partial charge is 0.253 e. The zero-order chi connectivity index (χ0) is 19.1. The molecule has 0 radical (unpaired) electrons. The topological polar surface area (TPSA) is 71.1 Å². The molecule has 0 unspecified atom stereocenters. The minimum absolute atomic E-state index is 0.242. The molecule has 0 bridgehead atoms. The van der Waals surface area contributed by atoms with E-state index in [0.717, 1.165) is 16.3 Å². The van der Waals surface area contributed by atoms with E-state index < -0.39 is 0 Å². The van der Waals surface area contributed by atoms with Crippen LogP contribution < -0.4 is 10.6 Å². The van der Waals surface area contributed by atoms with E-state index in [1.54, 1.807) is 30.3 Å². The second-order valence-corrected chi connectivity index (χ2v) is 6.89. The predicted octanol–water partition coefficient (Wildman–Crippen LogP) is 4.03. The molecule has 0 aliphatic heterocycles. The molecule has 2 N–H and O–H groups in total. The predicted molar refractivity (Wildman–Crippen MR) is 109 cm³/mol. The van der Waals surface area contributed by atoms with Crippen LogP contribution in [0, 0.1) is 6.92 Å². The van der Waals surface area contributed by atoms with Crippen molar-refractivity contribution >= 4 is 34.9 Å². The summed E-state index contributed by atoms with van der Waals surface area (Å²) in [6.07, 6.45) is 3.06. The molecular formula is C21H19N3O2S. The Balaban J connectivity index is 1.65. The van der Waals surface area contributed by atoms with E-state index in [0.29, 0.717) is 17.8 Å². The van der Waals surface area contributed by atoms with Gasteiger partial charge in [-0.3, -0.25) is 9.59 Å². The van der Waals surface area contributed by atoms with Crippen LogP contribution in [-0.2, 0) is 11.3 Å². The molecule has 0 saturated heterocycles. The first-order valence-corrected chi connectivity index (χ1v) is 9.32. The van der Waals surface area contributed by atoms with Crippen LogP contribution in [0.4, 0.5) is 5.69 Å². The number of hydrogen-bond donors (Lipinski definition) is 2. The van der Waals surface area contributed by atoms with Crippen molar-refractivity contribution in [1.29, 1.82) is 0 Å². The molecule has 1 heterocycles. The Hall–Kier alpha value is -3.25. The maximum Gasteiger partial charge on any atom is 0.253 e. The maximum atomic E-state index is 12.5. The Morgan fingerprint density at radius 1 is 1.07 bits per heavy atom. The first kappa shape index (κ1) is 18.5. The van der Waals surface area contributed by atoms with Crippen LogP contribution in [-0.4, -0.2) is 16.8 Å². The van der Waals surface area contributed by atoms with Crippen molar-refractivity contribution in [2.45, 2.75) is 13.5 Å². The summed E-state index contributed by atoms with van der Waals surface area (Å²) in [5.74, 6) is -0.558. The minimum atomic E-state index is -0.316. The van der Waals surface area contributed by atoms with Gasteiger partial charge in [0.1, 0.15) is 0 Å². The van der Waals surface area contributed by atoms with Gasteiger partial charge in [-0.15, -0.1) is 11.3 Å². The number of rotatable bonds is 6. The molecule has 27 heavy (non-hydrogen) atoms. The first-order chi connectivity index (χ1) is 13.1. The second-order valence-electron chi connectivity index (χ2n) is 5.83. The van der Waals surface area contributed by atoms with Gasteiger partial charge in [0.2, 0.25) is 5.91 Å². The minimum Gasteiger partial charge on any atom is -0.348 e. The summed E-state index contributed by atoms with van der Waals surface area (Å²) in [6.45, 7) is 2.33. The molecule has 2 aromatic carbocycles. The molecule has 0 atom stereocenters. The van der Waals surface area contributed by atoms with Gasteiger partial charge in [-0.2, -0.15) is 0 Å². The second kappa shape index (κ2) is 8.91. The molecule has 0 aliphatic rings. The summed E-state index contributed by atoms with van der Waals surface area (Å²) in [6, 6.07) is 16.6. The molecule has 0 fully saturated rings. The first-order valence-electron chi connectivity index (χ1n) is 8.44. The highest BCUT2D eigenvalue weighted by atomic mass is 32.1. The molecule has 136 valence electrons. The number of amides is 2. The van der Waals surface area contributed by atoms with Gasteiger partial charge in [-0.1, -0.05) is 42.5 Å². The van der Waals surface area contributed by atoms with Crippen LogP contribution in [0.2, 0.25) is 0 Å². The molecular weight excluding hydrogens is 358 g/mol. The number of hydrogen-bond acceptors (Lipinski definition) is 4. The summed E-state index contributed by atoms with van der Waals surface area (Å²) in [5.41, 5.74) is 2.63. The lowest BCUT2D eigenvalue weighted by molar-refractivity contribution is -0.111. The van der Waals surface area contributed by atoms with E-state index >= 15 is 0 Å². The molecule has 0 spiro atoms. The van der Waals surface area contributed by atoms with Crippen LogP contribution in [0.25, 0.3) is 6.08 Å². The van der Waals surface area contributed by atoms with E-state index in [1.807, 2.05) is 42.6 Å². The number of carbonyl (C=O) groups excluding carboxylic acids is 2. The van der Waals surface area contributed by atoms with Crippen molar-refractivity contribution in [1.82, 2.24) is 10.3 Å². The van der Waals surface area contributed by atoms with Gasteiger partial charge in [0.25, 0.3) is 5.91 Å². The van der Waals surface area contributed by atoms with Crippen LogP contribution in [0.15, 0.2) is 66.1 Å². The van der Waals surface area contributed by atoms with E-state index in [9.17, 15) is 9.59 Å². The Kier molecular flexibility index (Phi) is 6.12. The fourth-order valence-electron chi connectivity index (χ4n) is 2.46. The van der Waals surface area contributed by atoms with Gasteiger partial charge in [0.05, 0.1) is 22.0 Å². The van der Waals surface area contributed by atoms with Crippen LogP contribution in [0.3, 0.4) is 0 Å². The fourth-order valence-corrected chi connectivity index (χ4v) is 3.04. The molecule has 3 aromatic rings. The maximum absolute atomic E-state index is 12.5. The highest BCUT2D eigenvalue weighted by molar-refractivity contribution is 7.09. The molecule has 0 aliphatic carbocycles. The number of anilines is 1. The van der Waals surface area contributed by atoms with E-state index in [1.165, 1.54) is 17.4 Å².